The molecule has 2 atom stereocenters. The smallest absolute Gasteiger partial charge is 0.465 e. The Bertz CT molecular complexity index is 1090. The van der Waals surface area contributed by atoms with Crippen LogP contribution in [0.2, 0.25) is 0 Å². The average molecular weight is 482 g/mol. The number of halogens is 3. The van der Waals surface area contributed by atoms with Crippen molar-refractivity contribution in [1.82, 2.24) is 15.2 Å². The summed E-state index contributed by atoms with van der Waals surface area (Å²) in [6, 6.07) is 5.83. The van der Waals surface area contributed by atoms with Crippen LogP contribution in [-0.4, -0.2) is 51.7 Å². The Labute approximate surface area is 190 Å². The van der Waals surface area contributed by atoms with Crippen molar-refractivity contribution in [2.45, 2.75) is 50.4 Å². The first-order valence-corrected chi connectivity index (χ1v) is 11.2. The minimum atomic E-state index is -4.93. The van der Waals surface area contributed by atoms with E-state index in [0.29, 0.717) is 42.2 Å². The zero-order valence-electron chi connectivity index (χ0n) is 17.3. The molecule has 2 unspecified atom stereocenters. The number of amides is 3. The summed E-state index contributed by atoms with van der Waals surface area (Å²) in [6.07, 6.45) is -3.55. The van der Waals surface area contributed by atoms with Gasteiger partial charge >= 0.3 is 18.2 Å². The van der Waals surface area contributed by atoms with Gasteiger partial charge in [-0.15, -0.1) is 11.3 Å². The maximum absolute atomic E-state index is 12.8. The Hall–Kier alpha value is -3.15. The van der Waals surface area contributed by atoms with Crippen molar-refractivity contribution in [3.05, 3.63) is 46.0 Å². The van der Waals surface area contributed by atoms with Crippen molar-refractivity contribution < 1.29 is 32.7 Å². The molecule has 4 rings (SSSR count). The summed E-state index contributed by atoms with van der Waals surface area (Å²) in [4.78, 5) is 41.9. The standard InChI is InChI=1S/C21H21F3N4O4S/c22-21(23,24)18(30)25-13-6-7-14-16(10-13)33-19(26-14)27-17(29)12-4-1-3-11(9-12)15-5-2-8-28(15)20(31)32/h1,3-4,9,13,15H,2,5-8,10H2,(H,25,30)(H,31,32)(H,26,27,29). The lowest BCUT2D eigenvalue weighted by Crippen LogP contribution is -2.45. The number of hydrogen-bond donors (Lipinski definition) is 3. The van der Waals surface area contributed by atoms with Gasteiger partial charge in [0, 0.05) is 29.4 Å². The van der Waals surface area contributed by atoms with Crippen LogP contribution in [-0.2, 0) is 17.6 Å². The number of anilines is 1. The highest BCUT2D eigenvalue weighted by Crippen LogP contribution is 2.33. The summed E-state index contributed by atoms with van der Waals surface area (Å²) < 4.78 is 37.5. The van der Waals surface area contributed by atoms with Crippen LogP contribution in [0.25, 0.3) is 0 Å². The fourth-order valence-corrected chi connectivity index (χ4v) is 5.30. The first-order valence-electron chi connectivity index (χ1n) is 10.4. The predicted octanol–water partition coefficient (Wildman–Crippen LogP) is 3.75. The van der Waals surface area contributed by atoms with Crippen molar-refractivity contribution in [2.75, 3.05) is 11.9 Å². The monoisotopic (exact) mass is 482 g/mol. The molecule has 2 heterocycles. The zero-order valence-corrected chi connectivity index (χ0v) is 18.1. The number of fused-ring (bicyclic) bond motifs is 1. The third-order valence-electron chi connectivity index (χ3n) is 5.78. The molecule has 1 saturated heterocycles. The summed E-state index contributed by atoms with van der Waals surface area (Å²) in [5, 5.41) is 14.4. The maximum atomic E-state index is 12.8. The Balaban J connectivity index is 1.42. The Morgan fingerprint density at radius 2 is 2.00 bits per heavy atom. The number of likely N-dealkylation sites (tertiary alicyclic amines) is 1. The molecular weight excluding hydrogens is 461 g/mol. The molecule has 8 nitrogen and oxygen atoms in total. The van der Waals surface area contributed by atoms with E-state index in [4.69, 9.17) is 0 Å². The molecule has 0 spiro atoms. The number of carboxylic acid groups (broad SMARTS) is 1. The number of aromatic nitrogens is 1. The van der Waals surface area contributed by atoms with Crippen LogP contribution in [0.3, 0.4) is 0 Å². The van der Waals surface area contributed by atoms with Crippen LogP contribution in [0, 0.1) is 0 Å². The number of hydrogen-bond acceptors (Lipinski definition) is 5. The molecule has 2 aliphatic rings. The molecule has 1 aromatic carbocycles. The summed E-state index contributed by atoms with van der Waals surface area (Å²) in [6.45, 7) is 0.450. The summed E-state index contributed by atoms with van der Waals surface area (Å²) in [5.74, 6) is -2.37. The Morgan fingerprint density at radius 3 is 2.73 bits per heavy atom. The van der Waals surface area contributed by atoms with Gasteiger partial charge in [0.05, 0.1) is 11.7 Å². The van der Waals surface area contributed by atoms with Crippen molar-refractivity contribution in [2.24, 2.45) is 0 Å². The summed E-state index contributed by atoms with van der Waals surface area (Å²) >= 11 is 1.17. The number of alkyl halides is 3. The fraction of sp³-hybridized carbons (Fsp3) is 0.429. The topological polar surface area (TPSA) is 112 Å². The quantitative estimate of drug-likeness (QED) is 0.615. The molecule has 1 aliphatic carbocycles. The SMILES string of the molecule is O=C(Nc1nc2c(s1)CC(NC(=O)C(F)(F)F)CC2)c1cccc(C2CCCN2C(=O)O)c1. The number of carbonyl (C=O) groups excluding carboxylic acids is 2. The van der Waals surface area contributed by atoms with Crippen LogP contribution >= 0.6 is 11.3 Å². The number of rotatable bonds is 4. The third-order valence-corrected chi connectivity index (χ3v) is 6.82. The van der Waals surface area contributed by atoms with E-state index in [-0.39, 0.29) is 12.5 Å². The van der Waals surface area contributed by atoms with Crippen molar-refractivity contribution in [1.29, 1.82) is 0 Å². The molecule has 0 radical (unpaired) electrons. The highest BCUT2D eigenvalue weighted by atomic mass is 32.1. The predicted molar refractivity (Wildman–Crippen MR) is 113 cm³/mol. The van der Waals surface area contributed by atoms with E-state index in [9.17, 15) is 32.7 Å². The van der Waals surface area contributed by atoms with Gasteiger partial charge in [-0.05, 0) is 43.4 Å². The second-order valence-corrected chi connectivity index (χ2v) is 9.10. The van der Waals surface area contributed by atoms with Crippen LogP contribution < -0.4 is 10.6 Å². The molecular formula is C21H21F3N4O4S. The van der Waals surface area contributed by atoms with Gasteiger partial charge in [0.25, 0.3) is 5.91 Å². The third kappa shape index (κ3) is 5.10. The number of nitrogens with zero attached hydrogens (tertiary/aromatic N) is 2. The van der Waals surface area contributed by atoms with Gasteiger partial charge < -0.3 is 15.3 Å². The molecule has 1 fully saturated rings. The molecule has 12 heteroatoms. The molecule has 2 aromatic rings. The normalized spacial score (nSPS) is 20.3. The van der Waals surface area contributed by atoms with Gasteiger partial charge in [-0.3, -0.25) is 14.9 Å². The van der Waals surface area contributed by atoms with Gasteiger partial charge in [0.2, 0.25) is 0 Å². The van der Waals surface area contributed by atoms with Crippen LogP contribution in [0.5, 0.6) is 0 Å². The number of benzene rings is 1. The molecule has 0 bridgehead atoms. The Kier molecular flexibility index (Phi) is 6.28. The molecule has 1 aromatic heterocycles. The van der Waals surface area contributed by atoms with Crippen LogP contribution in [0.1, 0.15) is 51.8 Å². The van der Waals surface area contributed by atoms with Crippen LogP contribution in [0.15, 0.2) is 24.3 Å². The lowest BCUT2D eigenvalue weighted by Gasteiger charge is -2.22. The summed E-state index contributed by atoms with van der Waals surface area (Å²) in [7, 11) is 0. The number of aryl methyl sites for hydroxylation is 1. The van der Waals surface area contributed by atoms with Gasteiger partial charge in [-0.2, -0.15) is 13.2 Å². The van der Waals surface area contributed by atoms with Crippen molar-refractivity contribution in [3.63, 3.8) is 0 Å². The second kappa shape index (κ2) is 9.00. The minimum Gasteiger partial charge on any atom is -0.465 e. The summed E-state index contributed by atoms with van der Waals surface area (Å²) in [5.41, 5.74) is 1.79. The van der Waals surface area contributed by atoms with Crippen molar-refractivity contribution in [3.8, 4) is 0 Å². The van der Waals surface area contributed by atoms with E-state index < -0.39 is 30.1 Å². The number of carbonyl (C=O) groups is 3. The van der Waals surface area contributed by atoms with Crippen LogP contribution in [0.4, 0.5) is 23.1 Å². The van der Waals surface area contributed by atoms with Gasteiger partial charge in [0.15, 0.2) is 5.13 Å². The average Bonchev–Trinajstić information content (AvgIpc) is 3.39. The van der Waals surface area contributed by atoms with Gasteiger partial charge in [0.1, 0.15) is 0 Å². The van der Waals surface area contributed by atoms with E-state index in [0.717, 1.165) is 16.9 Å². The van der Waals surface area contributed by atoms with E-state index in [1.165, 1.54) is 16.2 Å². The minimum absolute atomic E-state index is 0.215. The van der Waals surface area contributed by atoms with E-state index >= 15 is 0 Å². The highest BCUT2D eigenvalue weighted by Gasteiger charge is 2.40. The molecule has 33 heavy (non-hydrogen) atoms. The van der Waals surface area contributed by atoms with E-state index in [1.807, 2.05) is 5.32 Å². The highest BCUT2D eigenvalue weighted by molar-refractivity contribution is 7.15. The van der Waals surface area contributed by atoms with Gasteiger partial charge in [-0.25, -0.2) is 9.78 Å². The van der Waals surface area contributed by atoms with Crippen molar-refractivity contribution >= 4 is 34.4 Å². The number of nitrogens with one attached hydrogen (secondary N) is 2. The molecule has 3 amide bonds. The molecule has 0 saturated carbocycles. The maximum Gasteiger partial charge on any atom is 0.471 e. The zero-order chi connectivity index (χ0) is 23.8. The fourth-order valence-electron chi connectivity index (χ4n) is 4.22. The largest absolute Gasteiger partial charge is 0.471 e. The van der Waals surface area contributed by atoms with E-state index in [2.05, 4.69) is 10.3 Å². The van der Waals surface area contributed by atoms with E-state index in [1.54, 1.807) is 24.3 Å². The second-order valence-electron chi connectivity index (χ2n) is 8.01. The number of thiazole rings is 1. The lowest BCUT2D eigenvalue weighted by molar-refractivity contribution is -0.174. The Morgan fingerprint density at radius 1 is 1.21 bits per heavy atom. The molecule has 176 valence electrons. The lowest BCUT2D eigenvalue weighted by atomic mass is 9.97. The molecule has 3 N–H and O–H groups in total. The molecule has 1 aliphatic heterocycles. The van der Waals surface area contributed by atoms with Gasteiger partial charge in [-0.1, -0.05) is 12.1 Å². The first-order chi connectivity index (χ1) is 15.6. The first kappa shape index (κ1) is 23.0.